The van der Waals surface area contributed by atoms with Crippen molar-refractivity contribution in [2.45, 2.75) is 58.8 Å². The van der Waals surface area contributed by atoms with Crippen LogP contribution in [0.2, 0.25) is 5.02 Å². The summed E-state index contributed by atoms with van der Waals surface area (Å²) in [6.45, 7) is 13.1. The van der Waals surface area contributed by atoms with Crippen molar-refractivity contribution >= 4 is 11.6 Å². The molecular weight excluding hydrogens is 384 g/mol. The highest BCUT2D eigenvalue weighted by molar-refractivity contribution is 6.30. The maximum atomic E-state index is 10.6. The minimum atomic E-state index is -0.400. The van der Waals surface area contributed by atoms with E-state index in [0.717, 1.165) is 50.1 Å². The van der Waals surface area contributed by atoms with Crippen LogP contribution in [0, 0.1) is 17.8 Å². The van der Waals surface area contributed by atoms with E-state index in [1.807, 2.05) is 12.1 Å². The molecule has 3 rings (SSSR count). The normalized spacial score (nSPS) is 28.0. The zero-order valence-corrected chi connectivity index (χ0v) is 19.2. The summed E-state index contributed by atoms with van der Waals surface area (Å²) in [5, 5.41) is 11.3. The average molecular weight is 423 g/mol. The number of aliphatic hydroxyl groups is 1. The molecule has 29 heavy (non-hydrogen) atoms. The molecule has 0 radical (unpaired) electrons. The third kappa shape index (κ3) is 7.22. The van der Waals surface area contributed by atoms with Crippen molar-refractivity contribution in [2.24, 2.45) is 17.8 Å². The molecule has 0 spiro atoms. The van der Waals surface area contributed by atoms with Gasteiger partial charge < -0.3 is 9.84 Å². The Balaban J connectivity index is 1.37. The summed E-state index contributed by atoms with van der Waals surface area (Å²) in [5.74, 6) is 2.02. The predicted molar refractivity (Wildman–Crippen MR) is 120 cm³/mol. The minimum absolute atomic E-state index is 0.310. The van der Waals surface area contributed by atoms with Gasteiger partial charge in [0.25, 0.3) is 0 Å². The van der Waals surface area contributed by atoms with Crippen molar-refractivity contribution in [3.8, 4) is 0 Å². The van der Waals surface area contributed by atoms with Crippen LogP contribution in [-0.4, -0.2) is 66.4 Å². The molecule has 0 amide bonds. The molecule has 4 nitrogen and oxygen atoms in total. The van der Waals surface area contributed by atoms with Gasteiger partial charge in [-0.3, -0.25) is 9.80 Å². The smallest absolute Gasteiger partial charge is 0.0900 e. The van der Waals surface area contributed by atoms with Gasteiger partial charge in [-0.25, -0.2) is 0 Å². The van der Waals surface area contributed by atoms with Crippen LogP contribution in [0.1, 0.15) is 45.6 Å². The number of benzene rings is 1. The van der Waals surface area contributed by atoms with Gasteiger partial charge in [-0.2, -0.15) is 0 Å². The van der Waals surface area contributed by atoms with E-state index in [0.29, 0.717) is 31.1 Å². The number of β-amino-alcohol motifs (C(OH)–C–C–N with tert-alkyl or cyclic N) is 1. The summed E-state index contributed by atoms with van der Waals surface area (Å²) in [5.41, 5.74) is 1.30. The molecule has 1 aromatic rings. The molecule has 1 saturated heterocycles. The molecule has 1 heterocycles. The SMILES string of the molecule is CC(C)[C@H]1CC[C@H](C)C[C@H]1OC[C@H](O)CN1CCN(Cc2ccc(Cl)cc2)CC1. The lowest BCUT2D eigenvalue weighted by Crippen LogP contribution is -2.49. The third-order valence-electron chi connectivity index (χ3n) is 6.72. The number of hydrogen-bond donors (Lipinski definition) is 1. The van der Waals surface area contributed by atoms with E-state index < -0.39 is 6.10 Å². The number of aliphatic hydroxyl groups excluding tert-OH is 1. The molecule has 0 unspecified atom stereocenters. The fourth-order valence-corrected chi connectivity index (χ4v) is 5.00. The van der Waals surface area contributed by atoms with Crippen molar-refractivity contribution in [1.29, 1.82) is 0 Å². The maximum Gasteiger partial charge on any atom is 0.0900 e. The Hall–Kier alpha value is -0.650. The minimum Gasteiger partial charge on any atom is -0.389 e. The van der Waals surface area contributed by atoms with Crippen molar-refractivity contribution in [1.82, 2.24) is 9.80 Å². The monoisotopic (exact) mass is 422 g/mol. The Morgan fingerprint density at radius 1 is 1.07 bits per heavy atom. The van der Waals surface area contributed by atoms with Crippen LogP contribution in [0.4, 0.5) is 0 Å². The van der Waals surface area contributed by atoms with Gasteiger partial charge >= 0.3 is 0 Å². The first-order chi connectivity index (χ1) is 13.9. The topological polar surface area (TPSA) is 35.9 Å². The van der Waals surface area contributed by atoms with E-state index in [4.69, 9.17) is 16.3 Å². The average Bonchev–Trinajstić information content (AvgIpc) is 2.69. The van der Waals surface area contributed by atoms with Gasteiger partial charge in [-0.1, -0.05) is 50.9 Å². The first-order valence-electron chi connectivity index (χ1n) is 11.4. The molecule has 0 aromatic heterocycles. The largest absolute Gasteiger partial charge is 0.389 e. The standard InChI is InChI=1S/C24H39ClN2O2/c1-18(2)23-9-4-19(3)14-24(23)29-17-22(28)16-27-12-10-26(11-13-27)15-20-5-7-21(25)8-6-20/h5-8,18-19,22-24,28H,4,9-17H2,1-3H3/t19-,22+,23+,24+/m0/s1. The summed E-state index contributed by atoms with van der Waals surface area (Å²) < 4.78 is 6.24. The summed E-state index contributed by atoms with van der Waals surface area (Å²) in [7, 11) is 0. The highest BCUT2D eigenvalue weighted by Gasteiger charge is 2.32. The number of hydrogen-bond acceptors (Lipinski definition) is 4. The van der Waals surface area contributed by atoms with E-state index >= 15 is 0 Å². The second kappa shape index (κ2) is 11.1. The molecule has 1 N–H and O–H groups in total. The molecule has 5 heteroatoms. The summed E-state index contributed by atoms with van der Waals surface area (Å²) in [6.07, 6.45) is 3.62. The fourth-order valence-electron chi connectivity index (χ4n) is 4.87. The van der Waals surface area contributed by atoms with Gasteiger partial charge in [0.05, 0.1) is 18.8 Å². The molecule has 1 aromatic carbocycles. The Labute approximate surface area is 182 Å². The highest BCUT2D eigenvalue weighted by Crippen LogP contribution is 2.35. The Kier molecular flexibility index (Phi) is 8.82. The van der Waals surface area contributed by atoms with Crippen molar-refractivity contribution < 1.29 is 9.84 Å². The quantitative estimate of drug-likeness (QED) is 0.677. The summed E-state index contributed by atoms with van der Waals surface area (Å²) >= 11 is 5.97. The van der Waals surface area contributed by atoms with E-state index in [9.17, 15) is 5.11 Å². The second-order valence-electron chi connectivity index (χ2n) is 9.55. The van der Waals surface area contributed by atoms with E-state index in [-0.39, 0.29) is 0 Å². The van der Waals surface area contributed by atoms with Crippen LogP contribution in [0.5, 0.6) is 0 Å². The Bertz CT molecular complexity index is 601. The van der Waals surface area contributed by atoms with Gasteiger partial charge in [0.2, 0.25) is 0 Å². The van der Waals surface area contributed by atoms with Crippen molar-refractivity contribution in [3.05, 3.63) is 34.9 Å². The molecule has 1 aliphatic heterocycles. The molecule has 164 valence electrons. The number of ether oxygens (including phenoxy) is 1. The second-order valence-corrected chi connectivity index (χ2v) is 9.99. The first kappa shape index (κ1) is 23.0. The predicted octanol–water partition coefficient (Wildman–Crippen LogP) is 4.30. The van der Waals surface area contributed by atoms with Crippen LogP contribution >= 0.6 is 11.6 Å². The van der Waals surface area contributed by atoms with Crippen LogP contribution in [-0.2, 0) is 11.3 Å². The zero-order chi connectivity index (χ0) is 20.8. The van der Waals surface area contributed by atoms with E-state index in [1.54, 1.807) is 0 Å². The van der Waals surface area contributed by atoms with Crippen LogP contribution in [0.25, 0.3) is 0 Å². The fraction of sp³-hybridized carbons (Fsp3) is 0.750. The van der Waals surface area contributed by atoms with Crippen molar-refractivity contribution in [2.75, 3.05) is 39.3 Å². The lowest BCUT2D eigenvalue weighted by atomic mass is 9.75. The molecule has 1 saturated carbocycles. The zero-order valence-electron chi connectivity index (χ0n) is 18.4. The number of nitrogens with zero attached hydrogens (tertiary/aromatic N) is 2. The molecular formula is C24H39ClN2O2. The van der Waals surface area contributed by atoms with Crippen molar-refractivity contribution in [3.63, 3.8) is 0 Å². The number of halogens is 1. The number of piperazine rings is 1. The highest BCUT2D eigenvalue weighted by atomic mass is 35.5. The lowest BCUT2D eigenvalue weighted by molar-refractivity contribution is -0.0755. The van der Waals surface area contributed by atoms with Gasteiger partial charge in [0, 0.05) is 44.3 Å². The Morgan fingerprint density at radius 2 is 1.72 bits per heavy atom. The Morgan fingerprint density at radius 3 is 2.38 bits per heavy atom. The summed E-state index contributed by atoms with van der Waals surface area (Å²) in [6, 6.07) is 8.12. The van der Waals surface area contributed by atoms with Crippen LogP contribution in [0.3, 0.4) is 0 Å². The maximum absolute atomic E-state index is 10.6. The molecule has 0 bridgehead atoms. The first-order valence-corrected chi connectivity index (χ1v) is 11.8. The lowest BCUT2D eigenvalue weighted by Gasteiger charge is -2.38. The van der Waals surface area contributed by atoms with Gasteiger partial charge in [-0.15, -0.1) is 0 Å². The number of rotatable bonds is 8. The molecule has 2 aliphatic rings. The van der Waals surface area contributed by atoms with E-state index in [2.05, 4.69) is 42.7 Å². The third-order valence-corrected chi connectivity index (χ3v) is 6.97. The van der Waals surface area contributed by atoms with E-state index in [1.165, 1.54) is 18.4 Å². The molecule has 2 fully saturated rings. The summed E-state index contributed by atoms with van der Waals surface area (Å²) in [4.78, 5) is 4.84. The molecule has 1 aliphatic carbocycles. The van der Waals surface area contributed by atoms with Crippen LogP contribution < -0.4 is 0 Å². The molecule has 4 atom stereocenters. The van der Waals surface area contributed by atoms with Crippen LogP contribution in [0.15, 0.2) is 24.3 Å². The van der Waals surface area contributed by atoms with Gasteiger partial charge in [0.15, 0.2) is 0 Å². The van der Waals surface area contributed by atoms with Gasteiger partial charge in [0.1, 0.15) is 0 Å². The van der Waals surface area contributed by atoms with Gasteiger partial charge in [-0.05, 0) is 48.3 Å².